The maximum atomic E-state index is 12.7. The summed E-state index contributed by atoms with van der Waals surface area (Å²) in [7, 11) is 0. The molecule has 23 heavy (non-hydrogen) atoms. The zero-order valence-electron chi connectivity index (χ0n) is 12.8. The molecule has 0 aliphatic carbocycles. The first kappa shape index (κ1) is 17.5. The average Bonchev–Trinajstić information content (AvgIpc) is 2.93. The Morgan fingerprint density at radius 1 is 1.35 bits per heavy atom. The number of benzene rings is 1. The van der Waals surface area contributed by atoms with Crippen molar-refractivity contribution in [3.63, 3.8) is 0 Å². The lowest BCUT2D eigenvalue weighted by molar-refractivity contribution is -0.185. The number of nitrogens with zero attached hydrogens (tertiary/aromatic N) is 1. The van der Waals surface area contributed by atoms with Gasteiger partial charge in [-0.25, -0.2) is 0 Å². The summed E-state index contributed by atoms with van der Waals surface area (Å²) < 4.78 is 38.0. The fourth-order valence-corrected chi connectivity index (χ4v) is 2.91. The summed E-state index contributed by atoms with van der Waals surface area (Å²) in [4.78, 5) is 24.8. The van der Waals surface area contributed by atoms with Crippen molar-refractivity contribution >= 4 is 11.7 Å². The third kappa shape index (κ3) is 3.90. The molecule has 0 aromatic heterocycles. The van der Waals surface area contributed by atoms with Crippen molar-refractivity contribution in [1.82, 2.24) is 4.90 Å². The molecule has 2 N–H and O–H groups in total. The minimum Gasteiger partial charge on any atom is -0.328 e. The number of carbonyl (C=O) groups excluding carboxylic acids is 2. The summed E-state index contributed by atoms with van der Waals surface area (Å²) in [6.45, 7) is 1.74. The lowest BCUT2D eigenvalue weighted by Gasteiger charge is -2.25. The van der Waals surface area contributed by atoms with Crippen LogP contribution in [0.5, 0.6) is 0 Å². The largest absolute Gasteiger partial charge is 0.471 e. The molecule has 1 aliphatic heterocycles. The Morgan fingerprint density at radius 3 is 2.61 bits per heavy atom. The van der Waals surface area contributed by atoms with Gasteiger partial charge in [-0.2, -0.15) is 13.2 Å². The molecule has 0 spiro atoms. The highest BCUT2D eigenvalue weighted by Gasteiger charge is 2.47. The van der Waals surface area contributed by atoms with E-state index in [-0.39, 0.29) is 19.0 Å². The van der Waals surface area contributed by atoms with Crippen LogP contribution in [0.2, 0.25) is 0 Å². The number of hydrogen-bond acceptors (Lipinski definition) is 3. The van der Waals surface area contributed by atoms with Crippen LogP contribution in [0.25, 0.3) is 0 Å². The van der Waals surface area contributed by atoms with E-state index in [9.17, 15) is 22.8 Å². The third-order valence-corrected chi connectivity index (χ3v) is 3.88. The summed E-state index contributed by atoms with van der Waals surface area (Å²) in [5, 5.41) is 0. The highest BCUT2D eigenvalue weighted by molar-refractivity contribution is 6.03. The van der Waals surface area contributed by atoms with Crippen LogP contribution in [-0.2, 0) is 11.2 Å². The molecule has 2 unspecified atom stereocenters. The van der Waals surface area contributed by atoms with Crippen molar-refractivity contribution in [2.45, 2.75) is 44.4 Å². The predicted molar refractivity (Wildman–Crippen MR) is 78.9 cm³/mol. The molecule has 4 nitrogen and oxygen atoms in total. The number of Topliss-reactive ketones (excluding diaryl/α,β-unsaturated/α-hetero) is 1. The molecule has 2 atom stereocenters. The monoisotopic (exact) mass is 328 g/mol. The Bertz CT molecular complexity index is 599. The van der Waals surface area contributed by atoms with E-state index in [0.29, 0.717) is 28.9 Å². The van der Waals surface area contributed by atoms with Crippen molar-refractivity contribution in [3.8, 4) is 0 Å². The Balaban J connectivity index is 2.28. The Morgan fingerprint density at radius 2 is 2.00 bits per heavy atom. The molecule has 1 saturated heterocycles. The second-order valence-electron chi connectivity index (χ2n) is 5.86. The maximum Gasteiger partial charge on any atom is 0.471 e. The fraction of sp³-hybridized carbons (Fsp3) is 0.500. The minimum atomic E-state index is -4.96. The smallest absolute Gasteiger partial charge is 0.328 e. The van der Waals surface area contributed by atoms with Crippen molar-refractivity contribution in [2.24, 2.45) is 5.73 Å². The van der Waals surface area contributed by atoms with Gasteiger partial charge in [-0.15, -0.1) is 0 Å². The number of alkyl halides is 3. The van der Waals surface area contributed by atoms with Gasteiger partial charge >= 0.3 is 12.1 Å². The van der Waals surface area contributed by atoms with Crippen LogP contribution < -0.4 is 5.73 Å². The molecule has 2 rings (SSSR count). The second kappa shape index (κ2) is 6.70. The van der Waals surface area contributed by atoms with Crippen molar-refractivity contribution in [2.75, 3.05) is 6.54 Å². The van der Waals surface area contributed by atoms with Crippen LogP contribution in [0.15, 0.2) is 24.3 Å². The first-order valence-electron chi connectivity index (χ1n) is 7.47. The summed E-state index contributed by atoms with van der Waals surface area (Å²) in [6.07, 6.45) is -3.89. The zero-order chi connectivity index (χ0) is 17.2. The minimum absolute atomic E-state index is 0.0514. The quantitative estimate of drug-likeness (QED) is 0.863. The van der Waals surface area contributed by atoms with Crippen molar-refractivity contribution in [3.05, 3.63) is 35.4 Å². The highest BCUT2D eigenvalue weighted by Crippen LogP contribution is 2.28. The number of amides is 1. The zero-order valence-corrected chi connectivity index (χ0v) is 12.8. The molecule has 0 radical (unpaired) electrons. The molecule has 1 fully saturated rings. The number of ketones is 1. The number of nitrogens with two attached hydrogens (primary N) is 1. The van der Waals surface area contributed by atoms with Crippen LogP contribution >= 0.6 is 0 Å². The number of hydrogen-bond donors (Lipinski definition) is 1. The Kier molecular flexibility index (Phi) is 5.09. The van der Waals surface area contributed by atoms with E-state index in [2.05, 4.69) is 0 Å². The van der Waals surface area contributed by atoms with E-state index < -0.39 is 23.9 Å². The van der Waals surface area contributed by atoms with Crippen LogP contribution in [0, 0.1) is 0 Å². The van der Waals surface area contributed by atoms with Gasteiger partial charge < -0.3 is 10.6 Å². The molecule has 1 aliphatic rings. The summed E-state index contributed by atoms with van der Waals surface area (Å²) in [6, 6.07) is 5.49. The van der Waals surface area contributed by atoms with E-state index in [1.807, 2.05) is 0 Å². The van der Waals surface area contributed by atoms with Gasteiger partial charge in [0.2, 0.25) is 0 Å². The van der Waals surface area contributed by atoms with E-state index in [4.69, 9.17) is 5.73 Å². The molecule has 0 bridgehead atoms. The first-order chi connectivity index (χ1) is 10.7. The van der Waals surface area contributed by atoms with Gasteiger partial charge in [0.25, 0.3) is 0 Å². The van der Waals surface area contributed by atoms with Crippen molar-refractivity contribution < 1.29 is 22.8 Å². The average molecular weight is 328 g/mol. The van der Waals surface area contributed by atoms with E-state index >= 15 is 0 Å². The van der Waals surface area contributed by atoms with Crippen LogP contribution in [0.4, 0.5) is 13.2 Å². The number of likely N-dealkylation sites (tertiary alicyclic amines) is 1. The SMILES string of the molecule is CC(N)Cc1ccccc1C(=O)C1CCCN1C(=O)C(F)(F)F. The molecular formula is C16H19F3N2O2. The molecule has 0 saturated carbocycles. The van der Waals surface area contributed by atoms with Gasteiger partial charge in [0.15, 0.2) is 5.78 Å². The number of carbonyl (C=O) groups is 2. The second-order valence-corrected chi connectivity index (χ2v) is 5.86. The van der Waals surface area contributed by atoms with Gasteiger partial charge in [-0.3, -0.25) is 9.59 Å². The van der Waals surface area contributed by atoms with Crippen molar-refractivity contribution in [1.29, 1.82) is 0 Å². The van der Waals surface area contributed by atoms with Gasteiger partial charge in [0.05, 0.1) is 6.04 Å². The maximum absolute atomic E-state index is 12.7. The van der Waals surface area contributed by atoms with Crippen LogP contribution in [0.1, 0.15) is 35.7 Å². The Labute approximate surface area is 132 Å². The Hall–Kier alpha value is -1.89. The highest BCUT2D eigenvalue weighted by atomic mass is 19.4. The van der Waals surface area contributed by atoms with Gasteiger partial charge in [0.1, 0.15) is 0 Å². The predicted octanol–water partition coefficient (Wildman–Crippen LogP) is 2.31. The summed E-state index contributed by atoms with van der Waals surface area (Å²) >= 11 is 0. The molecule has 1 aromatic carbocycles. The first-order valence-corrected chi connectivity index (χ1v) is 7.47. The number of halogens is 3. The normalized spacial score (nSPS) is 19.7. The molecule has 1 heterocycles. The van der Waals surface area contributed by atoms with E-state index in [0.717, 1.165) is 0 Å². The van der Waals surface area contributed by atoms with Crippen LogP contribution in [0.3, 0.4) is 0 Å². The summed E-state index contributed by atoms with van der Waals surface area (Å²) in [5.74, 6) is -2.39. The summed E-state index contributed by atoms with van der Waals surface area (Å²) in [5.41, 5.74) is 6.79. The molecular weight excluding hydrogens is 309 g/mol. The molecule has 1 amide bonds. The van der Waals surface area contributed by atoms with Gasteiger partial charge in [-0.1, -0.05) is 24.3 Å². The third-order valence-electron chi connectivity index (χ3n) is 3.88. The van der Waals surface area contributed by atoms with E-state index in [1.54, 1.807) is 31.2 Å². The molecule has 1 aromatic rings. The van der Waals surface area contributed by atoms with Crippen LogP contribution in [-0.4, -0.2) is 41.4 Å². The standard InChI is InChI=1S/C16H19F3N2O2/c1-10(20)9-11-5-2-3-6-12(11)14(22)13-7-4-8-21(13)15(23)16(17,18)19/h2-3,5-6,10,13H,4,7-9,20H2,1H3. The molecule has 7 heteroatoms. The van der Waals surface area contributed by atoms with Gasteiger partial charge in [0, 0.05) is 18.2 Å². The lowest BCUT2D eigenvalue weighted by Crippen LogP contribution is -2.47. The fourth-order valence-electron chi connectivity index (χ4n) is 2.91. The van der Waals surface area contributed by atoms with E-state index in [1.165, 1.54) is 0 Å². The molecule has 126 valence electrons. The van der Waals surface area contributed by atoms with Gasteiger partial charge in [-0.05, 0) is 31.7 Å². The topological polar surface area (TPSA) is 63.4 Å². The number of rotatable bonds is 4. The lowest BCUT2D eigenvalue weighted by atomic mass is 9.94.